The van der Waals surface area contributed by atoms with Gasteiger partial charge in [-0.1, -0.05) is 12.1 Å². The second-order valence-electron chi connectivity index (χ2n) is 5.27. The number of rotatable bonds is 4. The molecule has 2 N–H and O–H groups in total. The third-order valence-electron chi connectivity index (χ3n) is 3.46. The highest BCUT2D eigenvalue weighted by molar-refractivity contribution is 5.45. The van der Waals surface area contributed by atoms with Gasteiger partial charge in [0.2, 0.25) is 0 Å². The molecule has 126 valence electrons. The van der Waals surface area contributed by atoms with Crippen molar-refractivity contribution in [3.8, 4) is 0 Å². The maximum absolute atomic E-state index is 12.7. The Morgan fingerprint density at radius 3 is 2.83 bits per heavy atom. The lowest BCUT2D eigenvalue weighted by molar-refractivity contribution is -0.137. The van der Waals surface area contributed by atoms with E-state index in [1.807, 2.05) is 0 Å². The molecule has 9 heteroatoms. The van der Waals surface area contributed by atoms with E-state index in [4.69, 9.17) is 0 Å². The Hall–Kier alpha value is -2.68. The molecule has 0 aliphatic rings. The summed E-state index contributed by atoms with van der Waals surface area (Å²) in [5.41, 5.74) is 0.0852. The van der Waals surface area contributed by atoms with Crippen molar-refractivity contribution in [2.45, 2.75) is 19.2 Å². The van der Waals surface area contributed by atoms with E-state index in [0.717, 1.165) is 12.1 Å². The first kappa shape index (κ1) is 16.2. The highest BCUT2D eigenvalue weighted by atomic mass is 19.4. The van der Waals surface area contributed by atoms with E-state index in [9.17, 15) is 18.3 Å². The molecule has 24 heavy (non-hydrogen) atoms. The van der Waals surface area contributed by atoms with E-state index in [-0.39, 0.29) is 12.1 Å². The number of aliphatic hydroxyl groups excluding tert-OH is 1. The molecular weight excluding hydrogens is 323 g/mol. The highest BCUT2D eigenvalue weighted by Gasteiger charge is 2.30. The van der Waals surface area contributed by atoms with Crippen LogP contribution in [0.25, 0.3) is 5.78 Å². The van der Waals surface area contributed by atoms with Crippen LogP contribution >= 0.6 is 0 Å². The number of nitrogens with zero attached hydrogens (tertiary/aromatic N) is 4. The van der Waals surface area contributed by atoms with Crippen molar-refractivity contribution >= 4 is 11.6 Å². The number of hydrogen-bond donors (Lipinski definition) is 2. The van der Waals surface area contributed by atoms with Crippen LogP contribution in [0.5, 0.6) is 0 Å². The molecule has 3 rings (SSSR count). The Kier molecular flexibility index (Phi) is 4.10. The summed E-state index contributed by atoms with van der Waals surface area (Å²) in [5.74, 6) is 0.937. The Morgan fingerprint density at radius 1 is 1.29 bits per heavy atom. The van der Waals surface area contributed by atoms with Gasteiger partial charge in [0.1, 0.15) is 12.1 Å². The molecule has 6 nitrogen and oxygen atoms in total. The van der Waals surface area contributed by atoms with Gasteiger partial charge in [-0.3, -0.25) is 0 Å². The molecule has 2 aromatic heterocycles. The van der Waals surface area contributed by atoms with E-state index in [1.165, 1.54) is 23.0 Å². The van der Waals surface area contributed by atoms with Gasteiger partial charge in [0, 0.05) is 18.3 Å². The lowest BCUT2D eigenvalue weighted by atomic mass is 10.1. The molecule has 0 fully saturated rings. The van der Waals surface area contributed by atoms with Gasteiger partial charge in [-0.15, -0.1) is 0 Å². The van der Waals surface area contributed by atoms with Crippen LogP contribution in [-0.2, 0) is 6.18 Å². The topological polar surface area (TPSA) is 75.3 Å². The molecule has 0 saturated carbocycles. The SMILES string of the molecule is Cc1cc(NC[C@@H](O)c2cccc(C(F)(F)F)c2)n2ncnc2n1. The van der Waals surface area contributed by atoms with Crippen LogP contribution in [0.1, 0.15) is 22.9 Å². The van der Waals surface area contributed by atoms with Crippen molar-refractivity contribution in [1.82, 2.24) is 19.6 Å². The normalized spacial score (nSPS) is 13.2. The number of alkyl halides is 3. The van der Waals surface area contributed by atoms with Crippen LogP contribution in [0.15, 0.2) is 36.7 Å². The molecule has 1 atom stereocenters. The first-order chi connectivity index (χ1) is 11.3. The van der Waals surface area contributed by atoms with E-state index >= 15 is 0 Å². The summed E-state index contributed by atoms with van der Waals surface area (Å²) >= 11 is 0. The monoisotopic (exact) mass is 337 g/mol. The lowest BCUT2D eigenvalue weighted by Crippen LogP contribution is -2.16. The van der Waals surface area contributed by atoms with Gasteiger partial charge in [0.15, 0.2) is 0 Å². The molecule has 0 saturated heterocycles. The van der Waals surface area contributed by atoms with E-state index in [2.05, 4.69) is 20.4 Å². The van der Waals surface area contributed by atoms with E-state index in [1.54, 1.807) is 13.0 Å². The fourth-order valence-corrected chi connectivity index (χ4v) is 2.30. The number of aromatic nitrogens is 4. The van der Waals surface area contributed by atoms with Crippen molar-refractivity contribution in [1.29, 1.82) is 0 Å². The lowest BCUT2D eigenvalue weighted by Gasteiger charge is -2.15. The minimum Gasteiger partial charge on any atom is -0.387 e. The minimum absolute atomic E-state index is 0.0136. The number of fused-ring (bicyclic) bond motifs is 1. The van der Waals surface area contributed by atoms with Crippen LogP contribution < -0.4 is 5.32 Å². The zero-order valence-electron chi connectivity index (χ0n) is 12.6. The third-order valence-corrected chi connectivity index (χ3v) is 3.46. The third kappa shape index (κ3) is 3.30. The van der Waals surface area contributed by atoms with Gasteiger partial charge in [0.05, 0.1) is 11.7 Å². The molecular formula is C15H14F3N5O. The van der Waals surface area contributed by atoms with Crippen LogP contribution in [0.3, 0.4) is 0 Å². The minimum atomic E-state index is -4.45. The number of benzene rings is 1. The first-order valence-corrected chi connectivity index (χ1v) is 7.11. The number of nitrogens with one attached hydrogen (secondary N) is 1. The standard InChI is InChI=1S/C15H14F3N5O/c1-9-5-13(23-14(22-9)20-8-21-23)19-7-12(24)10-3-2-4-11(6-10)15(16,17)18/h2-6,8,12,19,24H,7H2,1H3/t12-/m1/s1. The molecule has 0 unspecified atom stereocenters. The average molecular weight is 337 g/mol. The van der Waals surface area contributed by atoms with Crippen LogP contribution in [0, 0.1) is 6.92 Å². The Bertz CT molecular complexity index is 862. The van der Waals surface area contributed by atoms with Crippen LogP contribution in [0.4, 0.5) is 19.0 Å². The molecule has 0 spiro atoms. The maximum atomic E-state index is 12.7. The fourth-order valence-electron chi connectivity index (χ4n) is 2.30. The number of aliphatic hydroxyl groups is 1. The van der Waals surface area contributed by atoms with Gasteiger partial charge < -0.3 is 10.4 Å². The summed E-state index contributed by atoms with van der Waals surface area (Å²) in [7, 11) is 0. The van der Waals surface area contributed by atoms with Crippen LogP contribution in [-0.4, -0.2) is 31.2 Å². The van der Waals surface area contributed by atoms with Crippen molar-refractivity contribution in [2.24, 2.45) is 0 Å². The molecule has 0 amide bonds. The van der Waals surface area contributed by atoms with E-state index in [0.29, 0.717) is 17.3 Å². The zero-order valence-corrected chi connectivity index (χ0v) is 12.6. The predicted octanol–water partition coefficient (Wildman–Crippen LogP) is 2.60. The maximum Gasteiger partial charge on any atom is 0.416 e. The van der Waals surface area contributed by atoms with Crippen molar-refractivity contribution < 1.29 is 18.3 Å². The highest BCUT2D eigenvalue weighted by Crippen LogP contribution is 2.30. The number of halogens is 3. The zero-order chi connectivity index (χ0) is 17.3. The van der Waals surface area contributed by atoms with Gasteiger partial charge in [-0.25, -0.2) is 4.98 Å². The number of aryl methyl sites for hydroxylation is 1. The quantitative estimate of drug-likeness (QED) is 0.765. The fraction of sp³-hybridized carbons (Fsp3) is 0.267. The van der Waals surface area contributed by atoms with E-state index < -0.39 is 17.8 Å². The second kappa shape index (κ2) is 6.08. The summed E-state index contributed by atoms with van der Waals surface area (Å²) in [5, 5.41) is 17.1. The summed E-state index contributed by atoms with van der Waals surface area (Å²) in [4.78, 5) is 8.16. The van der Waals surface area contributed by atoms with Gasteiger partial charge in [0.25, 0.3) is 5.78 Å². The molecule has 3 aromatic rings. The Labute approximate surface area is 135 Å². The molecule has 2 heterocycles. The largest absolute Gasteiger partial charge is 0.416 e. The second-order valence-corrected chi connectivity index (χ2v) is 5.27. The van der Waals surface area contributed by atoms with Crippen molar-refractivity contribution in [3.05, 3.63) is 53.5 Å². The number of hydrogen-bond acceptors (Lipinski definition) is 5. The van der Waals surface area contributed by atoms with Gasteiger partial charge in [-0.05, 0) is 24.6 Å². The number of anilines is 1. The summed E-state index contributed by atoms with van der Waals surface area (Å²) in [6.07, 6.45) is -4.21. The first-order valence-electron chi connectivity index (χ1n) is 7.11. The summed E-state index contributed by atoms with van der Waals surface area (Å²) in [6, 6.07) is 6.34. The Balaban J connectivity index is 1.78. The van der Waals surface area contributed by atoms with Crippen LogP contribution in [0.2, 0.25) is 0 Å². The van der Waals surface area contributed by atoms with Gasteiger partial charge in [-0.2, -0.15) is 27.8 Å². The molecule has 0 bridgehead atoms. The molecule has 0 radical (unpaired) electrons. The Morgan fingerprint density at radius 2 is 2.08 bits per heavy atom. The van der Waals surface area contributed by atoms with Crippen molar-refractivity contribution in [2.75, 3.05) is 11.9 Å². The molecule has 1 aromatic carbocycles. The smallest absolute Gasteiger partial charge is 0.387 e. The summed E-state index contributed by atoms with van der Waals surface area (Å²) < 4.78 is 39.7. The summed E-state index contributed by atoms with van der Waals surface area (Å²) in [6.45, 7) is 1.79. The van der Waals surface area contributed by atoms with Gasteiger partial charge >= 0.3 is 6.18 Å². The predicted molar refractivity (Wildman–Crippen MR) is 80.4 cm³/mol. The molecule has 0 aliphatic heterocycles. The molecule has 0 aliphatic carbocycles. The van der Waals surface area contributed by atoms with Crippen molar-refractivity contribution in [3.63, 3.8) is 0 Å². The average Bonchev–Trinajstić information content (AvgIpc) is 2.99.